The van der Waals surface area contributed by atoms with Crippen LogP contribution in [0.3, 0.4) is 0 Å². The number of carbonyl (C=O) groups excluding carboxylic acids is 2. The van der Waals surface area contributed by atoms with E-state index in [1.807, 2.05) is 6.92 Å². The van der Waals surface area contributed by atoms with Crippen LogP contribution in [-0.4, -0.2) is 54.1 Å². The molecule has 2 N–H and O–H groups in total. The van der Waals surface area contributed by atoms with Crippen LogP contribution < -0.4 is 10.6 Å². The molecule has 0 radical (unpaired) electrons. The van der Waals surface area contributed by atoms with E-state index in [9.17, 15) is 27.2 Å². The Hall–Kier alpha value is -3.51. The second kappa shape index (κ2) is 10.2. The molecule has 1 saturated heterocycles. The van der Waals surface area contributed by atoms with Crippen molar-refractivity contribution in [1.29, 1.82) is 0 Å². The number of imidazole rings is 1. The summed E-state index contributed by atoms with van der Waals surface area (Å²) in [4.78, 5) is 30.1. The summed E-state index contributed by atoms with van der Waals surface area (Å²) in [6.45, 7) is 3.14. The fourth-order valence-corrected chi connectivity index (χ4v) is 5.52. The van der Waals surface area contributed by atoms with E-state index in [1.54, 1.807) is 29.1 Å². The Balaban J connectivity index is 1.39. The van der Waals surface area contributed by atoms with Gasteiger partial charge in [0.1, 0.15) is 5.69 Å². The smallest absolute Gasteiger partial charge is 0.270 e. The van der Waals surface area contributed by atoms with E-state index in [0.29, 0.717) is 29.3 Å². The number of amides is 2. The van der Waals surface area contributed by atoms with Gasteiger partial charge in [0, 0.05) is 44.8 Å². The summed E-state index contributed by atoms with van der Waals surface area (Å²) < 4.78 is 58.3. The third-order valence-corrected chi connectivity index (χ3v) is 7.76. The first kappa shape index (κ1) is 27.1. The van der Waals surface area contributed by atoms with Gasteiger partial charge in [0.05, 0.1) is 29.7 Å². The number of nitrogens with zero attached hydrogens (tertiary/aromatic N) is 5. The van der Waals surface area contributed by atoms with Crippen molar-refractivity contribution in [1.82, 2.24) is 35.0 Å². The van der Waals surface area contributed by atoms with E-state index in [1.165, 1.54) is 10.7 Å². The molecule has 4 heterocycles. The minimum Gasteiger partial charge on any atom is -0.347 e. The third kappa shape index (κ3) is 5.76. The van der Waals surface area contributed by atoms with Crippen molar-refractivity contribution in [3.8, 4) is 0 Å². The summed E-state index contributed by atoms with van der Waals surface area (Å²) in [5, 5.41) is 14.0. The number of aromatic nitrogens is 5. The van der Waals surface area contributed by atoms with Gasteiger partial charge in [0.15, 0.2) is 5.65 Å². The quantitative estimate of drug-likeness (QED) is 0.414. The molecular weight excluding hydrogens is 518 g/mol. The maximum absolute atomic E-state index is 13.9. The molecular formula is C26H31F4N7O2. The number of hydrogen-bond acceptors (Lipinski definition) is 5. The summed E-state index contributed by atoms with van der Waals surface area (Å²) in [5.74, 6) is -7.44. The molecule has 3 aromatic heterocycles. The lowest BCUT2D eigenvalue weighted by Gasteiger charge is -2.33. The highest BCUT2D eigenvalue weighted by atomic mass is 19.3. The number of aryl methyl sites for hydroxylation is 1. The van der Waals surface area contributed by atoms with E-state index < -0.39 is 35.8 Å². The Morgan fingerprint density at radius 1 is 1.26 bits per heavy atom. The fourth-order valence-electron chi connectivity index (χ4n) is 5.52. The summed E-state index contributed by atoms with van der Waals surface area (Å²) in [6, 6.07) is 3.14. The van der Waals surface area contributed by atoms with E-state index in [4.69, 9.17) is 0 Å². The number of rotatable bonds is 8. The van der Waals surface area contributed by atoms with Crippen molar-refractivity contribution in [3.63, 3.8) is 0 Å². The summed E-state index contributed by atoms with van der Waals surface area (Å²) >= 11 is 0. The molecule has 2 fully saturated rings. The molecule has 3 aromatic rings. The molecule has 1 aliphatic carbocycles. The van der Waals surface area contributed by atoms with Gasteiger partial charge in [-0.25, -0.2) is 27.1 Å². The van der Waals surface area contributed by atoms with E-state index in [0.717, 1.165) is 6.92 Å². The number of carbonyl (C=O) groups is 2. The molecule has 210 valence electrons. The van der Waals surface area contributed by atoms with Crippen LogP contribution in [0.25, 0.3) is 5.65 Å². The minimum atomic E-state index is -3.02. The predicted molar refractivity (Wildman–Crippen MR) is 132 cm³/mol. The van der Waals surface area contributed by atoms with Gasteiger partial charge in [0.25, 0.3) is 11.8 Å². The number of alkyl halides is 4. The van der Waals surface area contributed by atoms with Gasteiger partial charge in [0.2, 0.25) is 11.8 Å². The molecule has 0 bridgehead atoms. The second-order valence-electron chi connectivity index (χ2n) is 10.6. The van der Waals surface area contributed by atoms with Gasteiger partial charge in [-0.2, -0.15) is 10.2 Å². The van der Waals surface area contributed by atoms with Crippen LogP contribution in [0, 0.1) is 11.8 Å². The highest BCUT2D eigenvalue weighted by Crippen LogP contribution is 2.41. The molecule has 1 aliphatic heterocycles. The first-order valence-electron chi connectivity index (χ1n) is 13.2. The Kier molecular flexibility index (Phi) is 7.10. The van der Waals surface area contributed by atoms with Crippen molar-refractivity contribution in [2.45, 2.75) is 82.8 Å². The van der Waals surface area contributed by atoms with Crippen molar-refractivity contribution in [2.24, 2.45) is 11.8 Å². The van der Waals surface area contributed by atoms with Crippen molar-refractivity contribution in [3.05, 3.63) is 47.7 Å². The maximum atomic E-state index is 13.9. The SMILES string of the molecule is CCn1nccc1C(=O)N[C@H](c1cn2nc(CC3CC(C(C)(F)F)NC3=O)ccc2n1)C1CCC(F)(F)CC1. The molecule has 1 saturated carbocycles. The largest absolute Gasteiger partial charge is 0.347 e. The van der Waals surface area contributed by atoms with Gasteiger partial charge in [-0.3, -0.25) is 14.3 Å². The average Bonchev–Trinajstić information content (AvgIpc) is 3.60. The van der Waals surface area contributed by atoms with Gasteiger partial charge in [-0.1, -0.05) is 0 Å². The molecule has 13 heteroatoms. The molecule has 2 aliphatic rings. The Morgan fingerprint density at radius 3 is 2.67 bits per heavy atom. The van der Waals surface area contributed by atoms with Crippen molar-refractivity contribution in [2.75, 3.05) is 0 Å². The summed E-state index contributed by atoms with van der Waals surface area (Å²) in [6.07, 6.45) is 3.26. The molecule has 0 aromatic carbocycles. The standard InChI is InChI=1S/C26H31F4N7O2/c1-3-36-19(8-11-31-36)24(39)34-22(15-6-9-26(29,30)10-7-15)18-14-37-21(32-18)5-4-17(35-37)12-16-13-20(25(2,27)28)33-23(16)38/h4-5,8,11,14-16,20,22H,3,6-7,9-10,12-13H2,1-2H3,(H,33,38)(H,34,39)/t16?,20?,22-/m0/s1. The summed E-state index contributed by atoms with van der Waals surface area (Å²) in [7, 11) is 0. The highest BCUT2D eigenvalue weighted by molar-refractivity contribution is 5.92. The lowest BCUT2D eigenvalue weighted by Crippen LogP contribution is -2.39. The van der Waals surface area contributed by atoms with Crippen LogP contribution >= 0.6 is 0 Å². The number of hydrogen-bond donors (Lipinski definition) is 2. The zero-order valence-corrected chi connectivity index (χ0v) is 21.7. The average molecular weight is 550 g/mol. The van der Waals surface area contributed by atoms with Crippen molar-refractivity contribution < 1.29 is 27.2 Å². The fraction of sp³-hybridized carbons (Fsp3) is 0.577. The first-order chi connectivity index (χ1) is 18.4. The molecule has 5 rings (SSSR count). The Morgan fingerprint density at radius 2 is 2.00 bits per heavy atom. The Bertz CT molecular complexity index is 1360. The maximum Gasteiger partial charge on any atom is 0.270 e. The molecule has 2 amide bonds. The van der Waals surface area contributed by atoms with Gasteiger partial charge in [-0.15, -0.1) is 0 Å². The molecule has 3 atom stereocenters. The zero-order chi connectivity index (χ0) is 27.9. The summed E-state index contributed by atoms with van der Waals surface area (Å²) in [5.41, 5.74) is 1.84. The van der Waals surface area contributed by atoms with Gasteiger partial charge >= 0.3 is 0 Å². The lowest BCUT2D eigenvalue weighted by atomic mass is 9.81. The second-order valence-corrected chi connectivity index (χ2v) is 10.6. The van der Waals surface area contributed by atoms with Crippen LogP contribution in [0.4, 0.5) is 17.6 Å². The molecule has 0 spiro atoms. The third-order valence-electron chi connectivity index (χ3n) is 7.76. The number of nitrogens with one attached hydrogen (secondary N) is 2. The Labute approximate surface area is 222 Å². The van der Waals surface area contributed by atoms with E-state index in [-0.39, 0.29) is 50.4 Å². The van der Waals surface area contributed by atoms with Crippen LogP contribution in [0.15, 0.2) is 30.6 Å². The van der Waals surface area contributed by atoms with Crippen LogP contribution in [0.2, 0.25) is 0 Å². The minimum absolute atomic E-state index is 0.00594. The number of halogens is 4. The monoisotopic (exact) mass is 549 g/mol. The molecule has 39 heavy (non-hydrogen) atoms. The van der Waals surface area contributed by atoms with Crippen LogP contribution in [-0.2, 0) is 17.8 Å². The van der Waals surface area contributed by atoms with Gasteiger partial charge < -0.3 is 10.6 Å². The highest BCUT2D eigenvalue weighted by Gasteiger charge is 2.44. The predicted octanol–water partition coefficient (Wildman–Crippen LogP) is 3.94. The van der Waals surface area contributed by atoms with E-state index in [2.05, 4.69) is 25.8 Å². The normalized spacial score (nSPS) is 22.7. The molecule has 2 unspecified atom stereocenters. The van der Waals surface area contributed by atoms with E-state index >= 15 is 0 Å². The number of fused-ring (bicyclic) bond motifs is 1. The van der Waals surface area contributed by atoms with Crippen molar-refractivity contribution >= 4 is 17.5 Å². The van der Waals surface area contributed by atoms with Gasteiger partial charge in [-0.05, 0) is 50.3 Å². The zero-order valence-electron chi connectivity index (χ0n) is 21.7. The van der Waals surface area contributed by atoms with Crippen LogP contribution in [0.1, 0.15) is 73.9 Å². The lowest BCUT2D eigenvalue weighted by molar-refractivity contribution is -0.123. The molecule has 9 nitrogen and oxygen atoms in total. The topological polar surface area (TPSA) is 106 Å². The first-order valence-corrected chi connectivity index (χ1v) is 13.2. The van der Waals surface area contributed by atoms with Crippen LogP contribution in [0.5, 0.6) is 0 Å².